The van der Waals surface area contributed by atoms with E-state index in [0.29, 0.717) is 206 Å². The van der Waals surface area contributed by atoms with Crippen LogP contribution in [0.4, 0.5) is 0 Å². The van der Waals surface area contributed by atoms with E-state index in [0.717, 1.165) is 57.4 Å². The topological polar surface area (TPSA) is 541 Å². The lowest BCUT2D eigenvalue weighted by Crippen LogP contribution is -2.24. The number of carbonyl (C=O) groups excluding carboxylic acids is 13. The zero-order chi connectivity index (χ0) is 88.6. The van der Waals surface area contributed by atoms with Crippen molar-refractivity contribution in [1.29, 1.82) is 0 Å². The van der Waals surface area contributed by atoms with Gasteiger partial charge in [-0.3, -0.25) is 62.3 Å². The van der Waals surface area contributed by atoms with Gasteiger partial charge in [0.05, 0.1) is 78.3 Å². The lowest BCUT2D eigenvalue weighted by Gasteiger charge is -2.13. The highest BCUT2D eigenvalue weighted by Crippen LogP contribution is 2.16. The second kappa shape index (κ2) is 90.3. The van der Waals surface area contributed by atoms with Gasteiger partial charge in [-0.15, -0.1) is 0 Å². The number of ether oxygens (including phenoxy) is 13. The molecule has 0 bridgehead atoms. The fourth-order valence-corrected chi connectivity index (χ4v) is 10.1. The Kier molecular flexibility index (Phi) is 89.3. The summed E-state index contributed by atoms with van der Waals surface area (Å²) in [5.74, 6) is -5.01. The smallest absolute Gasteiger partial charge is 0.305 e. The molecule has 0 saturated heterocycles. The van der Waals surface area contributed by atoms with E-state index < -0.39 is 29.9 Å². The maximum absolute atomic E-state index is 11.8. The maximum atomic E-state index is 11.8. The molecular formula is C83H149N3O32. The number of aliphatic hydroxyl groups excluding tert-OH is 6. The highest BCUT2D eigenvalue weighted by Gasteiger charge is 2.18. The summed E-state index contributed by atoms with van der Waals surface area (Å²) in [6.45, 7) is 10.4. The Morgan fingerprint density at radius 1 is 0.254 bits per heavy atom. The Morgan fingerprint density at radius 3 is 0.576 bits per heavy atom. The first-order valence-electron chi connectivity index (χ1n) is 42.4. The molecule has 35 heteroatoms. The second-order valence-corrected chi connectivity index (χ2v) is 27.9. The Bertz CT molecular complexity index is 2390. The molecule has 688 valence electrons. The van der Waals surface area contributed by atoms with Gasteiger partial charge in [0.1, 0.15) is 39.6 Å². The number of hydrogen-bond donors (Lipinski definition) is 9. The summed E-state index contributed by atoms with van der Waals surface area (Å²) >= 11 is 0. The fraction of sp³-hybridized carbons (Fsp3) is 0.819. The predicted octanol–water partition coefficient (Wildman–Crippen LogP) is 7.42. The van der Waals surface area contributed by atoms with Crippen LogP contribution < -0.4 is 17.2 Å². The number of hydrogen-bond acceptors (Lipinski definition) is 32. The first-order valence-corrected chi connectivity index (χ1v) is 42.4. The first kappa shape index (κ1) is 117. The van der Waals surface area contributed by atoms with E-state index in [1.165, 1.54) is 0 Å². The Labute approximate surface area is 698 Å². The van der Waals surface area contributed by atoms with E-state index >= 15 is 0 Å². The molecule has 0 aromatic rings. The normalized spacial score (nSPS) is 11.7. The van der Waals surface area contributed by atoms with Crippen LogP contribution >= 0.6 is 0 Å². The molecule has 0 aromatic carbocycles. The van der Waals surface area contributed by atoms with Crippen LogP contribution in [0.3, 0.4) is 0 Å². The SMILES string of the molecule is C=CC(N)=O.CC(CC(O)CCCCC(=O)OCCCCCC(=O)OCCOCCOC(=O)CCCCCOC(=O)CCCCC(O)CC(C)C(N)=O)C(N)=O.O=C(CCCCCO)OCCCCCC(=O)OCCOCCOC(=O)CCCCCOC(=O)CCCCCO.O=C(CCCCCO)OCCOCCOC(=O)CCCCCO. The summed E-state index contributed by atoms with van der Waals surface area (Å²) in [4.78, 5) is 148. The van der Waals surface area contributed by atoms with Crippen molar-refractivity contribution in [2.45, 2.75) is 296 Å². The van der Waals surface area contributed by atoms with Crippen molar-refractivity contribution < 1.29 is 155 Å². The van der Waals surface area contributed by atoms with E-state index in [1.54, 1.807) is 13.8 Å². The third-order valence-electron chi connectivity index (χ3n) is 17.0. The zero-order valence-corrected chi connectivity index (χ0v) is 71.0. The number of aliphatic hydroxyl groups is 6. The molecular weight excluding hydrogens is 1550 g/mol. The van der Waals surface area contributed by atoms with Gasteiger partial charge in [0.2, 0.25) is 17.7 Å². The summed E-state index contributed by atoms with van der Waals surface area (Å²) in [5, 5.41) is 54.4. The molecule has 0 aromatic heterocycles. The molecule has 0 aliphatic carbocycles. The van der Waals surface area contributed by atoms with Crippen LogP contribution in [0.5, 0.6) is 0 Å². The molecule has 0 aliphatic heterocycles. The summed E-state index contributed by atoms with van der Waals surface area (Å²) in [6, 6.07) is 0. The van der Waals surface area contributed by atoms with Crippen molar-refractivity contribution in [3.8, 4) is 0 Å². The number of amides is 3. The monoisotopic (exact) mass is 1700 g/mol. The molecule has 35 nitrogen and oxygen atoms in total. The van der Waals surface area contributed by atoms with Crippen molar-refractivity contribution in [3.05, 3.63) is 12.7 Å². The highest BCUT2D eigenvalue weighted by atomic mass is 16.6. The summed E-state index contributed by atoms with van der Waals surface area (Å²) < 4.78 is 66.8. The van der Waals surface area contributed by atoms with Crippen LogP contribution in [0.2, 0.25) is 0 Å². The number of primary amides is 3. The molecule has 3 amide bonds. The van der Waals surface area contributed by atoms with Crippen LogP contribution in [0.1, 0.15) is 284 Å². The van der Waals surface area contributed by atoms with E-state index in [9.17, 15) is 72.5 Å². The van der Waals surface area contributed by atoms with Crippen molar-refractivity contribution in [1.82, 2.24) is 0 Å². The lowest BCUT2D eigenvalue weighted by atomic mass is 9.99. The van der Waals surface area contributed by atoms with Crippen molar-refractivity contribution in [2.75, 3.05) is 132 Å². The molecule has 4 atom stereocenters. The first-order chi connectivity index (χ1) is 56.8. The molecule has 0 saturated carbocycles. The number of unbranched alkanes of at least 4 members (excludes halogenated alkanes) is 18. The quantitative estimate of drug-likeness (QED) is 0.0124. The predicted molar refractivity (Wildman–Crippen MR) is 432 cm³/mol. The zero-order valence-electron chi connectivity index (χ0n) is 71.0. The standard InChI is InChI=1S/C36H64N2O13.C28H50O11.C16H30O7.C3H5NO/c1-27(35(37)45)25-29(39)13-7-9-17-31(41)48-19-11-3-5-15-33(43)50-23-21-47-22-24-51-34(44)16-6-4-12-20-49-32(42)18-10-8-14-30(40)26-28(2)36(38)46;29-17-9-1-5-13-25(31)36-19-11-3-7-15-27(33)38-23-21-35-22-24-39-28(34)16-8-4-12-20-37-26(32)14-6-2-10-18-30;17-9-5-1-3-7-15(19)22-13-11-21-12-14-23-16(20)8-4-2-6-10-18;1-2-3(4)5/h27-30,39-40H,3-26H2,1-2H3,(H2,37,45)(H2,38,46);29-30H,1-24H2;17-18H,1-14H2;2H,1H2,(H2,4,5). The summed E-state index contributed by atoms with van der Waals surface area (Å²) in [7, 11) is 0. The molecule has 0 aliphatic rings. The van der Waals surface area contributed by atoms with Gasteiger partial charge in [0, 0.05) is 102 Å². The average Bonchev–Trinajstić information content (AvgIpc) is 0.973. The van der Waals surface area contributed by atoms with Gasteiger partial charge in [-0.2, -0.15) is 0 Å². The molecule has 0 fully saturated rings. The molecule has 4 unspecified atom stereocenters. The number of nitrogens with two attached hydrogens (primary N) is 3. The highest BCUT2D eigenvalue weighted by molar-refractivity contribution is 5.85. The average molecular weight is 1700 g/mol. The lowest BCUT2D eigenvalue weighted by molar-refractivity contribution is -0.148. The number of carbonyl (C=O) groups is 13. The minimum Gasteiger partial charge on any atom is -0.466 e. The van der Waals surface area contributed by atoms with E-state index in [4.69, 9.17) is 93.5 Å². The Balaban J connectivity index is -0.000000852. The van der Waals surface area contributed by atoms with Gasteiger partial charge in [0.15, 0.2) is 0 Å². The molecule has 0 rings (SSSR count). The fourth-order valence-electron chi connectivity index (χ4n) is 10.1. The van der Waals surface area contributed by atoms with Gasteiger partial charge >= 0.3 is 59.7 Å². The third kappa shape index (κ3) is 95.6. The molecule has 12 N–H and O–H groups in total. The molecule has 0 heterocycles. The molecule has 118 heavy (non-hydrogen) atoms. The van der Waals surface area contributed by atoms with Gasteiger partial charge in [0.25, 0.3) is 0 Å². The van der Waals surface area contributed by atoms with Gasteiger partial charge in [-0.05, 0) is 173 Å². The minimum absolute atomic E-state index is 0.0943. The van der Waals surface area contributed by atoms with E-state index in [-0.39, 0.29) is 216 Å². The van der Waals surface area contributed by atoms with Crippen LogP contribution in [0.15, 0.2) is 12.7 Å². The van der Waals surface area contributed by atoms with Crippen molar-refractivity contribution in [3.63, 3.8) is 0 Å². The Hall–Kier alpha value is -7.51. The van der Waals surface area contributed by atoms with Crippen LogP contribution in [-0.4, -0.2) is 252 Å². The van der Waals surface area contributed by atoms with Gasteiger partial charge in [-0.25, -0.2) is 0 Å². The minimum atomic E-state index is -0.619. The van der Waals surface area contributed by atoms with Crippen LogP contribution in [-0.2, 0) is 124 Å². The number of rotatable bonds is 79. The van der Waals surface area contributed by atoms with Crippen LogP contribution in [0.25, 0.3) is 0 Å². The summed E-state index contributed by atoms with van der Waals surface area (Å²) in [6.07, 6.45) is 24.0. The van der Waals surface area contributed by atoms with Gasteiger partial charge < -0.3 is 109 Å². The Morgan fingerprint density at radius 2 is 0.415 bits per heavy atom. The van der Waals surface area contributed by atoms with Crippen LogP contribution in [0, 0.1) is 11.8 Å². The third-order valence-corrected chi connectivity index (χ3v) is 17.0. The maximum Gasteiger partial charge on any atom is 0.305 e. The second-order valence-electron chi connectivity index (χ2n) is 27.9. The summed E-state index contributed by atoms with van der Waals surface area (Å²) in [5.41, 5.74) is 14.9. The van der Waals surface area contributed by atoms with Crippen molar-refractivity contribution in [2.24, 2.45) is 29.0 Å². The largest absolute Gasteiger partial charge is 0.466 e. The van der Waals surface area contributed by atoms with E-state index in [2.05, 4.69) is 12.3 Å². The molecule has 0 radical (unpaired) electrons. The van der Waals surface area contributed by atoms with Gasteiger partial charge in [-0.1, -0.05) is 59.0 Å². The molecule has 0 spiro atoms. The van der Waals surface area contributed by atoms with E-state index in [1.807, 2.05) is 0 Å². The number of esters is 10. The van der Waals surface area contributed by atoms with Crippen molar-refractivity contribution >= 4 is 77.4 Å².